The van der Waals surface area contributed by atoms with Crippen LogP contribution in [0, 0.1) is 0 Å². The Morgan fingerprint density at radius 2 is 1.81 bits per heavy atom. The van der Waals surface area contributed by atoms with E-state index in [0.717, 1.165) is 45.3 Å². The number of nitrogens with one attached hydrogen (secondary N) is 1. The van der Waals surface area contributed by atoms with Crippen molar-refractivity contribution in [3.8, 4) is 0 Å². The van der Waals surface area contributed by atoms with Gasteiger partial charge in [0.15, 0.2) is 0 Å². The van der Waals surface area contributed by atoms with Crippen molar-refractivity contribution in [3.05, 3.63) is 29.8 Å². The molecule has 1 aliphatic carbocycles. The summed E-state index contributed by atoms with van der Waals surface area (Å²) in [6, 6.07) is 6.41. The molecule has 0 heterocycles. The van der Waals surface area contributed by atoms with Crippen LogP contribution in [0.4, 0.5) is 0 Å². The van der Waals surface area contributed by atoms with Gasteiger partial charge in [-0.3, -0.25) is 4.79 Å². The topological polar surface area (TPSA) is 69.7 Å². The summed E-state index contributed by atoms with van der Waals surface area (Å²) in [5.74, 6) is -0.237. The van der Waals surface area contributed by atoms with Crippen molar-refractivity contribution in [2.45, 2.75) is 56.9 Å². The fraction of sp³-hybridized carbons (Fsp3) is 0.650. The molecule has 0 unspecified atom stereocenters. The highest BCUT2D eigenvalue weighted by atomic mass is 32.2. The molecule has 0 spiro atoms. The van der Waals surface area contributed by atoms with Crippen LogP contribution in [0.2, 0.25) is 0 Å². The van der Waals surface area contributed by atoms with Crippen molar-refractivity contribution in [2.24, 2.45) is 0 Å². The van der Waals surface area contributed by atoms with E-state index in [4.69, 9.17) is 0 Å². The summed E-state index contributed by atoms with van der Waals surface area (Å²) in [6.07, 6.45) is 5.12. The molecule has 1 saturated carbocycles. The highest BCUT2D eigenvalue weighted by molar-refractivity contribution is 7.89. The molecule has 1 aliphatic rings. The fourth-order valence-corrected chi connectivity index (χ4v) is 5.04. The van der Waals surface area contributed by atoms with E-state index in [1.165, 1.54) is 16.8 Å². The van der Waals surface area contributed by atoms with E-state index in [1.54, 1.807) is 25.2 Å². The van der Waals surface area contributed by atoms with Crippen LogP contribution in [-0.2, 0) is 10.0 Å². The lowest BCUT2D eigenvalue weighted by Crippen LogP contribution is -2.38. The van der Waals surface area contributed by atoms with Crippen LogP contribution < -0.4 is 5.32 Å². The van der Waals surface area contributed by atoms with Gasteiger partial charge in [-0.25, -0.2) is 8.42 Å². The molecule has 0 aromatic heterocycles. The second-order valence-electron chi connectivity index (χ2n) is 7.12. The van der Waals surface area contributed by atoms with Crippen LogP contribution in [0.15, 0.2) is 29.2 Å². The van der Waals surface area contributed by atoms with Gasteiger partial charge in [-0.05, 0) is 44.1 Å². The molecule has 2 rings (SSSR count). The number of nitrogens with zero attached hydrogens (tertiary/aromatic N) is 2. The van der Waals surface area contributed by atoms with E-state index >= 15 is 0 Å². The van der Waals surface area contributed by atoms with E-state index in [1.807, 2.05) is 0 Å². The monoisotopic (exact) mass is 395 g/mol. The second kappa shape index (κ2) is 10.2. The Kier molecular flexibility index (Phi) is 8.26. The van der Waals surface area contributed by atoms with Crippen molar-refractivity contribution in [1.29, 1.82) is 0 Å². The molecule has 1 N–H and O–H groups in total. The Hall–Kier alpha value is -1.44. The third-order valence-electron chi connectivity index (χ3n) is 5.47. The number of carbonyl (C=O) groups is 1. The van der Waals surface area contributed by atoms with Crippen LogP contribution in [0.1, 0.15) is 56.3 Å². The molecule has 1 fully saturated rings. The zero-order valence-corrected chi connectivity index (χ0v) is 17.6. The van der Waals surface area contributed by atoms with Crippen molar-refractivity contribution in [3.63, 3.8) is 0 Å². The lowest BCUT2D eigenvalue weighted by molar-refractivity contribution is 0.0948. The third kappa shape index (κ3) is 5.77. The number of rotatable bonds is 9. The maximum atomic E-state index is 13.0. The number of amides is 1. The Labute approximate surface area is 164 Å². The lowest BCUT2D eigenvalue weighted by atomic mass is 9.96. The van der Waals surface area contributed by atoms with Crippen LogP contribution in [0.3, 0.4) is 0 Å². The first-order chi connectivity index (χ1) is 12.9. The summed E-state index contributed by atoms with van der Waals surface area (Å²) in [7, 11) is -1.94. The number of benzene rings is 1. The van der Waals surface area contributed by atoms with E-state index in [9.17, 15) is 13.2 Å². The zero-order valence-electron chi connectivity index (χ0n) is 16.8. The first-order valence-corrected chi connectivity index (χ1v) is 11.4. The molecule has 152 valence electrons. The molecule has 0 radical (unpaired) electrons. The largest absolute Gasteiger partial charge is 0.351 e. The molecular formula is C20H33N3O3S. The van der Waals surface area contributed by atoms with Crippen molar-refractivity contribution in [2.75, 3.05) is 33.2 Å². The molecule has 0 atom stereocenters. The predicted molar refractivity (Wildman–Crippen MR) is 108 cm³/mol. The van der Waals surface area contributed by atoms with Gasteiger partial charge in [0.1, 0.15) is 0 Å². The standard InChI is InChI=1S/C20H33N3O3S/c1-4-23(5-2)15-14-21-20(24)17-10-9-13-19(16-17)27(25,26)22(3)18-11-7-6-8-12-18/h9-10,13,16,18H,4-8,11-12,14-15H2,1-3H3,(H,21,24). The van der Waals surface area contributed by atoms with E-state index in [-0.39, 0.29) is 16.8 Å². The minimum atomic E-state index is -3.59. The molecule has 27 heavy (non-hydrogen) atoms. The Bertz CT molecular complexity index is 711. The van der Waals surface area contributed by atoms with E-state index in [0.29, 0.717) is 12.1 Å². The summed E-state index contributed by atoms with van der Waals surface area (Å²) in [6.45, 7) is 7.37. The maximum Gasteiger partial charge on any atom is 0.251 e. The summed E-state index contributed by atoms with van der Waals surface area (Å²) in [5.41, 5.74) is 0.382. The van der Waals surface area contributed by atoms with Gasteiger partial charge in [0.25, 0.3) is 5.91 Å². The van der Waals surface area contributed by atoms with Gasteiger partial charge >= 0.3 is 0 Å². The summed E-state index contributed by atoms with van der Waals surface area (Å²) >= 11 is 0. The molecule has 0 bridgehead atoms. The molecule has 6 nitrogen and oxygen atoms in total. The van der Waals surface area contributed by atoms with Crippen LogP contribution in [0.25, 0.3) is 0 Å². The molecule has 1 aromatic rings. The Balaban J connectivity index is 2.05. The third-order valence-corrected chi connectivity index (χ3v) is 7.38. The van der Waals surface area contributed by atoms with Crippen molar-refractivity contribution >= 4 is 15.9 Å². The van der Waals surface area contributed by atoms with Crippen LogP contribution in [0.5, 0.6) is 0 Å². The molecule has 1 aromatic carbocycles. The first kappa shape index (κ1) is 21.9. The number of sulfonamides is 1. The van der Waals surface area contributed by atoms with Gasteiger partial charge < -0.3 is 10.2 Å². The highest BCUT2D eigenvalue weighted by Crippen LogP contribution is 2.26. The lowest BCUT2D eigenvalue weighted by Gasteiger charge is -2.30. The molecule has 0 aliphatic heterocycles. The van der Waals surface area contributed by atoms with Crippen LogP contribution >= 0.6 is 0 Å². The van der Waals surface area contributed by atoms with Crippen LogP contribution in [-0.4, -0.2) is 62.8 Å². The van der Waals surface area contributed by atoms with Crippen molar-refractivity contribution in [1.82, 2.24) is 14.5 Å². The van der Waals surface area contributed by atoms with E-state index in [2.05, 4.69) is 24.1 Å². The van der Waals surface area contributed by atoms with Gasteiger partial charge in [0.2, 0.25) is 10.0 Å². The van der Waals surface area contributed by atoms with Gasteiger partial charge in [-0.2, -0.15) is 4.31 Å². The number of carbonyl (C=O) groups excluding carboxylic acids is 1. The molecular weight excluding hydrogens is 362 g/mol. The van der Waals surface area contributed by atoms with Gasteiger partial charge in [0.05, 0.1) is 4.90 Å². The smallest absolute Gasteiger partial charge is 0.251 e. The predicted octanol–water partition coefficient (Wildman–Crippen LogP) is 2.71. The molecule has 7 heteroatoms. The summed E-state index contributed by atoms with van der Waals surface area (Å²) < 4.78 is 27.4. The highest BCUT2D eigenvalue weighted by Gasteiger charge is 2.29. The van der Waals surface area contributed by atoms with E-state index < -0.39 is 10.0 Å². The quantitative estimate of drug-likeness (QED) is 0.698. The number of likely N-dealkylation sites (N-methyl/N-ethyl adjacent to an activating group) is 1. The fourth-order valence-electron chi connectivity index (χ4n) is 3.57. The molecule has 0 saturated heterocycles. The van der Waals surface area contributed by atoms with Gasteiger partial charge in [-0.15, -0.1) is 0 Å². The Morgan fingerprint density at radius 3 is 2.44 bits per heavy atom. The van der Waals surface area contributed by atoms with Gasteiger partial charge in [0, 0.05) is 31.7 Å². The maximum absolute atomic E-state index is 13.0. The zero-order chi connectivity index (χ0) is 19.9. The minimum absolute atomic E-state index is 0.0512. The Morgan fingerprint density at radius 1 is 1.15 bits per heavy atom. The SMILES string of the molecule is CCN(CC)CCNC(=O)c1cccc(S(=O)(=O)N(C)C2CCCCC2)c1. The van der Waals surface area contributed by atoms with Crippen molar-refractivity contribution < 1.29 is 13.2 Å². The number of hydrogen-bond acceptors (Lipinski definition) is 4. The normalized spacial score (nSPS) is 16.0. The molecule has 1 amide bonds. The average molecular weight is 396 g/mol. The number of hydrogen-bond donors (Lipinski definition) is 1. The minimum Gasteiger partial charge on any atom is -0.351 e. The summed E-state index contributed by atoms with van der Waals surface area (Å²) in [5, 5.41) is 2.88. The first-order valence-electron chi connectivity index (χ1n) is 9.98. The summed E-state index contributed by atoms with van der Waals surface area (Å²) in [4.78, 5) is 14.8. The van der Waals surface area contributed by atoms with Gasteiger partial charge in [-0.1, -0.05) is 39.2 Å². The second-order valence-corrected chi connectivity index (χ2v) is 9.12. The average Bonchev–Trinajstić information content (AvgIpc) is 2.71.